The van der Waals surface area contributed by atoms with Gasteiger partial charge < -0.3 is 4.74 Å². The van der Waals surface area contributed by atoms with Crippen molar-refractivity contribution in [1.82, 2.24) is 0 Å². The zero-order valence-electron chi connectivity index (χ0n) is 10.5. The molecule has 0 aliphatic heterocycles. The van der Waals surface area contributed by atoms with Crippen molar-refractivity contribution >= 4 is 31.5 Å². The summed E-state index contributed by atoms with van der Waals surface area (Å²) in [6.07, 6.45) is 2.28. The van der Waals surface area contributed by atoms with Gasteiger partial charge in [-0.05, 0) is 24.6 Å². The molecule has 0 saturated heterocycles. The first kappa shape index (κ1) is 11.5. The fraction of sp³-hybridized carbons (Fsp3) is 0.250. The zero-order chi connectivity index (χ0) is 12.4. The minimum absolute atomic E-state index is 0.805. The SMILES string of the molecule is CCCCOc1cccc2sc3ccccc3c12. The number of ether oxygens (including phenoxy) is 1. The third-order valence-electron chi connectivity index (χ3n) is 3.12. The molecule has 2 aromatic carbocycles. The molecule has 2 heteroatoms. The van der Waals surface area contributed by atoms with Crippen molar-refractivity contribution < 1.29 is 4.74 Å². The van der Waals surface area contributed by atoms with Crippen molar-refractivity contribution in [2.75, 3.05) is 6.61 Å². The molecule has 1 nitrogen and oxygen atoms in total. The van der Waals surface area contributed by atoms with Gasteiger partial charge in [0.2, 0.25) is 0 Å². The third-order valence-corrected chi connectivity index (χ3v) is 4.26. The summed E-state index contributed by atoms with van der Waals surface area (Å²) in [5.74, 6) is 1.03. The largest absolute Gasteiger partial charge is 0.493 e. The molecule has 0 unspecified atom stereocenters. The minimum Gasteiger partial charge on any atom is -0.493 e. The Bertz CT molecular complexity index is 669. The average Bonchev–Trinajstić information content (AvgIpc) is 2.78. The molecule has 0 bridgehead atoms. The Labute approximate surface area is 111 Å². The number of hydrogen-bond donors (Lipinski definition) is 0. The predicted molar refractivity (Wildman–Crippen MR) is 79.7 cm³/mol. The molecule has 0 radical (unpaired) electrons. The maximum atomic E-state index is 5.93. The van der Waals surface area contributed by atoms with Crippen LogP contribution in [0, 0.1) is 0 Å². The van der Waals surface area contributed by atoms with Crippen molar-refractivity contribution in [3.8, 4) is 5.75 Å². The van der Waals surface area contributed by atoms with Gasteiger partial charge in [-0.1, -0.05) is 37.6 Å². The van der Waals surface area contributed by atoms with E-state index >= 15 is 0 Å². The number of thiophene rings is 1. The smallest absolute Gasteiger partial charge is 0.128 e. The molecule has 0 aliphatic carbocycles. The van der Waals surface area contributed by atoms with Crippen molar-refractivity contribution in [2.24, 2.45) is 0 Å². The molecule has 92 valence electrons. The van der Waals surface area contributed by atoms with E-state index in [2.05, 4.69) is 49.4 Å². The van der Waals surface area contributed by atoms with E-state index in [1.807, 2.05) is 11.3 Å². The standard InChI is InChI=1S/C16H16OS/c1-2-3-11-17-13-8-6-10-15-16(13)12-7-4-5-9-14(12)18-15/h4-10H,2-3,11H2,1H3. The molecule has 1 heterocycles. The van der Waals surface area contributed by atoms with Crippen LogP contribution in [0.5, 0.6) is 5.75 Å². The monoisotopic (exact) mass is 256 g/mol. The highest BCUT2D eigenvalue weighted by Gasteiger charge is 2.09. The second kappa shape index (κ2) is 4.99. The summed E-state index contributed by atoms with van der Waals surface area (Å²) < 4.78 is 8.58. The van der Waals surface area contributed by atoms with Crippen molar-refractivity contribution in [3.63, 3.8) is 0 Å². The number of unbranched alkanes of at least 4 members (excludes halogenated alkanes) is 1. The highest BCUT2D eigenvalue weighted by atomic mass is 32.1. The molecular weight excluding hydrogens is 240 g/mol. The van der Waals surface area contributed by atoms with Crippen LogP contribution in [-0.2, 0) is 0 Å². The van der Waals surface area contributed by atoms with Gasteiger partial charge in [-0.3, -0.25) is 0 Å². The number of fused-ring (bicyclic) bond motifs is 3. The van der Waals surface area contributed by atoms with E-state index in [9.17, 15) is 0 Å². The van der Waals surface area contributed by atoms with E-state index in [-0.39, 0.29) is 0 Å². The normalized spacial score (nSPS) is 11.2. The van der Waals surface area contributed by atoms with E-state index < -0.39 is 0 Å². The Kier molecular flexibility index (Phi) is 3.20. The molecule has 0 amide bonds. The summed E-state index contributed by atoms with van der Waals surface area (Å²) in [5, 5.41) is 2.58. The van der Waals surface area contributed by atoms with Gasteiger partial charge in [0.25, 0.3) is 0 Å². The van der Waals surface area contributed by atoms with Crippen LogP contribution in [0.2, 0.25) is 0 Å². The van der Waals surface area contributed by atoms with Crippen LogP contribution in [0.3, 0.4) is 0 Å². The van der Waals surface area contributed by atoms with Gasteiger partial charge >= 0.3 is 0 Å². The van der Waals surface area contributed by atoms with Crippen molar-refractivity contribution in [2.45, 2.75) is 19.8 Å². The van der Waals surface area contributed by atoms with Gasteiger partial charge in [0.05, 0.1) is 6.61 Å². The lowest BCUT2D eigenvalue weighted by atomic mass is 10.1. The van der Waals surface area contributed by atoms with Crippen LogP contribution >= 0.6 is 11.3 Å². The fourth-order valence-electron chi connectivity index (χ4n) is 2.19. The van der Waals surface area contributed by atoms with Gasteiger partial charge in [0, 0.05) is 20.2 Å². The van der Waals surface area contributed by atoms with E-state index in [0.717, 1.165) is 18.8 Å². The van der Waals surface area contributed by atoms with E-state index in [1.165, 1.54) is 26.6 Å². The predicted octanol–water partition coefficient (Wildman–Crippen LogP) is 5.23. The van der Waals surface area contributed by atoms with Crippen LogP contribution in [0.4, 0.5) is 0 Å². The molecule has 0 spiro atoms. The molecule has 0 fully saturated rings. The molecule has 0 atom stereocenters. The maximum Gasteiger partial charge on any atom is 0.128 e. The van der Waals surface area contributed by atoms with Crippen LogP contribution in [0.15, 0.2) is 42.5 Å². The van der Waals surface area contributed by atoms with Gasteiger partial charge in [-0.15, -0.1) is 11.3 Å². The summed E-state index contributed by atoms with van der Waals surface area (Å²) in [7, 11) is 0. The van der Waals surface area contributed by atoms with Crippen LogP contribution in [-0.4, -0.2) is 6.61 Å². The fourth-order valence-corrected chi connectivity index (χ4v) is 3.31. The average molecular weight is 256 g/mol. The Morgan fingerprint density at radius 3 is 2.72 bits per heavy atom. The van der Waals surface area contributed by atoms with Gasteiger partial charge in [0.15, 0.2) is 0 Å². The molecule has 1 aromatic heterocycles. The molecule has 3 rings (SSSR count). The Morgan fingerprint density at radius 2 is 1.83 bits per heavy atom. The Hall–Kier alpha value is -1.54. The number of hydrogen-bond acceptors (Lipinski definition) is 2. The van der Waals surface area contributed by atoms with Crippen molar-refractivity contribution in [1.29, 1.82) is 0 Å². The quantitative estimate of drug-likeness (QED) is 0.580. The Morgan fingerprint density at radius 1 is 1.00 bits per heavy atom. The van der Waals surface area contributed by atoms with E-state index in [1.54, 1.807) is 0 Å². The number of benzene rings is 2. The molecule has 0 saturated carbocycles. The third kappa shape index (κ3) is 1.97. The summed E-state index contributed by atoms with van der Waals surface area (Å²) in [4.78, 5) is 0. The first-order chi connectivity index (χ1) is 8.90. The van der Waals surface area contributed by atoms with Gasteiger partial charge in [0.1, 0.15) is 5.75 Å². The zero-order valence-corrected chi connectivity index (χ0v) is 11.3. The van der Waals surface area contributed by atoms with Crippen LogP contribution in [0.1, 0.15) is 19.8 Å². The number of rotatable bonds is 4. The maximum absolute atomic E-state index is 5.93. The Balaban J connectivity index is 2.13. The van der Waals surface area contributed by atoms with Gasteiger partial charge in [-0.25, -0.2) is 0 Å². The molecular formula is C16H16OS. The van der Waals surface area contributed by atoms with E-state index in [0.29, 0.717) is 0 Å². The lowest BCUT2D eigenvalue weighted by Gasteiger charge is -2.06. The van der Waals surface area contributed by atoms with Crippen molar-refractivity contribution in [3.05, 3.63) is 42.5 Å². The minimum atomic E-state index is 0.805. The summed E-state index contributed by atoms with van der Waals surface area (Å²) in [5.41, 5.74) is 0. The molecule has 18 heavy (non-hydrogen) atoms. The lowest BCUT2D eigenvalue weighted by Crippen LogP contribution is -1.96. The lowest BCUT2D eigenvalue weighted by molar-refractivity contribution is 0.313. The van der Waals surface area contributed by atoms with Crippen LogP contribution < -0.4 is 4.74 Å². The van der Waals surface area contributed by atoms with E-state index in [4.69, 9.17) is 4.74 Å². The summed E-state index contributed by atoms with van der Waals surface area (Å²) in [6.45, 7) is 2.99. The second-order valence-corrected chi connectivity index (χ2v) is 5.51. The topological polar surface area (TPSA) is 9.23 Å². The van der Waals surface area contributed by atoms with Gasteiger partial charge in [-0.2, -0.15) is 0 Å². The summed E-state index contributed by atoms with van der Waals surface area (Å²) >= 11 is 1.84. The molecule has 0 aliphatic rings. The molecule has 3 aromatic rings. The first-order valence-corrected chi connectivity index (χ1v) is 7.25. The van der Waals surface area contributed by atoms with Crippen LogP contribution in [0.25, 0.3) is 20.2 Å². The summed E-state index contributed by atoms with van der Waals surface area (Å²) in [6, 6.07) is 14.9. The highest BCUT2D eigenvalue weighted by Crippen LogP contribution is 2.39. The second-order valence-electron chi connectivity index (χ2n) is 4.43. The first-order valence-electron chi connectivity index (χ1n) is 6.43. The highest BCUT2D eigenvalue weighted by molar-refractivity contribution is 7.25. The molecule has 0 N–H and O–H groups in total.